The van der Waals surface area contributed by atoms with Crippen molar-refractivity contribution in [1.29, 1.82) is 0 Å². The third kappa shape index (κ3) is 3.67. The first-order valence-electron chi connectivity index (χ1n) is 7.68. The maximum Gasteiger partial charge on any atom is 0.416 e. The fraction of sp³-hybridized carbons (Fsp3) is 0.100. The monoisotopic (exact) mass is 354 g/mol. The molecular formula is C20H13F3N2O. The molecule has 26 heavy (non-hydrogen) atoms. The molecule has 0 aliphatic rings. The Balaban J connectivity index is 1.97. The number of hydrogen-bond donors (Lipinski definition) is 0. The van der Waals surface area contributed by atoms with Gasteiger partial charge in [0.15, 0.2) is 5.78 Å². The van der Waals surface area contributed by atoms with Gasteiger partial charge in [-0.2, -0.15) is 13.2 Å². The summed E-state index contributed by atoms with van der Waals surface area (Å²) in [5.41, 5.74) is 1.48. The molecule has 3 rings (SSSR count). The van der Waals surface area contributed by atoms with Gasteiger partial charge in [-0.25, -0.2) is 0 Å². The van der Waals surface area contributed by atoms with E-state index in [0.29, 0.717) is 22.5 Å². The Morgan fingerprint density at radius 2 is 1.81 bits per heavy atom. The van der Waals surface area contributed by atoms with Crippen molar-refractivity contribution in [3.8, 4) is 17.5 Å². The summed E-state index contributed by atoms with van der Waals surface area (Å²) in [4.78, 5) is 15.8. The molecule has 130 valence electrons. The van der Waals surface area contributed by atoms with Crippen molar-refractivity contribution in [3.63, 3.8) is 0 Å². The average molecular weight is 354 g/mol. The maximum atomic E-state index is 12.6. The van der Waals surface area contributed by atoms with Gasteiger partial charge in [-0.3, -0.25) is 9.78 Å². The lowest BCUT2D eigenvalue weighted by molar-refractivity contribution is -0.137. The number of Topliss-reactive ketones (excluding diaryl/α,β-unsaturated/α-hetero) is 1. The second-order valence-electron chi connectivity index (χ2n) is 5.54. The van der Waals surface area contributed by atoms with Crippen molar-refractivity contribution in [2.24, 2.45) is 0 Å². The maximum absolute atomic E-state index is 12.6. The van der Waals surface area contributed by atoms with Crippen molar-refractivity contribution in [2.45, 2.75) is 13.1 Å². The zero-order valence-corrected chi connectivity index (χ0v) is 13.7. The number of halogens is 3. The van der Waals surface area contributed by atoms with E-state index in [-0.39, 0.29) is 5.78 Å². The highest BCUT2D eigenvalue weighted by molar-refractivity contribution is 5.93. The molecule has 3 nitrogen and oxygen atoms in total. The smallest absolute Gasteiger partial charge is 0.313 e. The van der Waals surface area contributed by atoms with E-state index in [0.717, 1.165) is 12.1 Å². The van der Waals surface area contributed by atoms with E-state index in [1.807, 2.05) is 0 Å². The van der Waals surface area contributed by atoms with Gasteiger partial charge in [0.1, 0.15) is 0 Å². The molecule has 0 fully saturated rings. The minimum absolute atomic E-state index is 0.0894. The summed E-state index contributed by atoms with van der Waals surface area (Å²) in [5, 5.41) is 0. The van der Waals surface area contributed by atoms with Crippen molar-refractivity contribution in [1.82, 2.24) is 9.55 Å². The van der Waals surface area contributed by atoms with Crippen LogP contribution in [0.1, 0.15) is 34.1 Å². The normalized spacial score (nSPS) is 10.9. The van der Waals surface area contributed by atoms with Crippen LogP contribution in [-0.4, -0.2) is 15.3 Å². The van der Waals surface area contributed by atoms with Crippen LogP contribution in [0.2, 0.25) is 0 Å². The van der Waals surface area contributed by atoms with Gasteiger partial charge in [-0.1, -0.05) is 11.8 Å². The van der Waals surface area contributed by atoms with Gasteiger partial charge in [-0.05, 0) is 42.5 Å². The van der Waals surface area contributed by atoms with E-state index < -0.39 is 11.7 Å². The molecule has 0 unspecified atom stereocenters. The highest BCUT2D eigenvalue weighted by Gasteiger charge is 2.29. The van der Waals surface area contributed by atoms with Gasteiger partial charge in [0, 0.05) is 31.1 Å². The van der Waals surface area contributed by atoms with Crippen LogP contribution in [-0.2, 0) is 6.18 Å². The summed E-state index contributed by atoms with van der Waals surface area (Å²) in [6.07, 6.45) is 0.508. The Kier molecular flexibility index (Phi) is 4.63. The quantitative estimate of drug-likeness (QED) is 0.502. The zero-order chi connectivity index (χ0) is 18.7. The van der Waals surface area contributed by atoms with Crippen molar-refractivity contribution in [3.05, 3.63) is 83.4 Å². The van der Waals surface area contributed by atoms with Gasteiger partial charge in [0.2, 0.25) is 0 Å². The second-order valence-corrected chi connectivity index (χ2v) is 5.54. The first-order valence-corrected chi connectivity index (χ1v) is 7.68. The molecule has 0 aliphatic carbocycles. The predicted octanol–water partition coefficient (Wildman–Crippen LogP) is 4.49. The van der Waals surface area contributed by atoms with E-state index in [4.69, 9.17) is 0 Å². The molecule has 3 aromatic rings. The van der Waals surface area contributed by atoms with Crippen LogP contribution < -0.4 is 0 Å². The third-order valence-electron chi connectivity index (χ3n) is 3.72. The van der Waals surface area contributed by atoms with Gasteiger partial charge >= 0.3 is 6.18 Å². The van der Waals surface area contributed by atoms with Crippen LogP contribution >= 0.6 is 0 Å². The van der Waals surface area contributed by atoms with Crippen LogP contribution in [0.3, 0.4) is 0 Å². The van der Waals surface area contributed by atoms with Crippen LogP contribution in [0.15, 0.2) is 61.1 Å². The van der Waals surface area contributed by atoms with Crippen LogP contribution in [0.25, 0.3) is 5.69 Å². The highest BCUT2D eigenvalue weighted by Crippen LogP contribution is 2.29. The molecule has 0 spiro atoms. The molecule has 1 aromatic carbocycles. The van der Waals surface area contributed by atoms with Crippen molar-refractivity contribution in [2.75, 3.05) is 0 Å². The minimum atomic E-state index is -4.38. The lowest BCUT2D eigenvalue weighted by atomic mass is 10.1. The standard InChI is InChI=1S/C20H13F3N2O/c1-14(26)18-3-2-12-25(18)19-10-11-24-13-16(19)7-4-15-5-8-17(9-6-15)20(21,22)23/h2-3,5-6,8-13H,1H3. The van der Waals surface area contributed by atoms with Gasteiger partial charge in [0.05, 0.1) is 22.5 Å². The number of carbonyl (C=O) groups excluding carboxylic acids is 1. The third-order valence-corrected chi connectivity index (χ3v) is 3.72. The molecule has 0 bridgehead atoms. The first kappa shape index (κ1) is 17.5. The molecule has 0 saturated heterocycles. The summed E-state index contributed by atoms with van der Waals surface area (Å²) >= 11 is 0. The van der Waals surface area contributed by atoms with E-state index in [1.54, 1.807) is 41.4 Å². The van der Waals surface area contributed by atoms with Crippen LogP contribution in [0, 0.1) is 11.8 Å². The number of carbonyl (C=O) groups is 1. The molecule has 2 aromatic heterocycles. The topological polar surface area (TPSA) is 34.9 Å². The number of pyridine rings is 1. The second kappa shape index (κ2) is 6.89. The molecule has 0 amide bonds. The number of benzene rings is 1. The van der Waals surface area contributed by atoms with E-state index in [1.165, 1.54) is 19.1 Å². The molecule has 0 aliphatic heterocycles. The van der Waals surface area contributed by atoms with Crippen molar-refractivity contribution < 1.29 is 18.0 Å². The Hall–Kier alpha value is -3.33. The number of nitrogens with zero attached hydrogens (tertiary/aromatic N) is 2. The first-order chi connectivity index (χ1) is 12.4. The molecular weight excluding hydrogens is 341 g/mol. The summed E-state index contributed by atoms with van der Waals surface area (Å²) < 4.78 is 39.5. The van der Waals surface area contributed by atoms with Crippen LogP contribution in [0.5, 0.6) is 0 Å². The lowest BCUT2D eigenvalue weighted by Gasteiger charge is -2.09. The fourth-order valence-corrected chi connectivity index (χ4v) is 2.45. The Morgan fingerprint density at radius 1 is 1.08 bits per heavy atom. The fourth-order valence-electron chi connectivity index (χ4n) is 2.45. The van der Waals surface area contributed by atoms with E-state index >= 15 is 0 Å². The molecule has 0 saturated carbocycles. The highest BCUT2D eigenvalue weighted by atomic mass is 19.4. The molecule has 6 heteroatoms. The Bertz CT molecular complexity index is 1010. The predicted molar refractivity (Wildman–Crippen MR) is 91.0 cm³/mol. The lowest BCUT2D eigenvalue weighted by Crippen LogP contribution is -2.05. The summed E-state index contributed by atoms with van der Waals surface area (Å²) in [6, 6.07) is 9.82. The minimum Gasteiger partial charge on any atom is -0.313 e. The number of aromatic nitrogens is 2. The Labute approximate surface area is 148 Å². The molecule has 0 radical (unpaired) electrons. The van der Waals surface area contributed by atoms with Crippen LogP contribution in [0.4, 0.5) is 13.2 Å². The Morgan fingerprint density at radius 3 is 2.46 bits per heavy atom. The van der Waals surface area contributed by atoms with Gasteiger partial charge in [-0.15, -0.1) is 0 Å². The number of ketones is 1. The van der Waals surface area contributed by atoms with Gasteiger partial charge < -0.3 is 4.57 Å². The largest absolute Gasteiger partial charge is 0.416 e. The summed E-state index contributed by atoms with van der Waals surface area (Å²) in [7, 11) is 0. The molecule has 0 N–H and O–H groups in total. The zero-order valence-electron chi connectivity index (χ0n) is 13.7. The number of rotatable bonds is 2. The van der Waals surface area contributed by atoms with Gasteiger partial charge in [0.25, 0.3) is 0 Å². The molecule has 2 heterocycles. The van der Waals surface area contributed by atoms with Crippen molar-refractivity contribution >= 4 is 5.78 Å². The molecule has 0 atom stereocenters. The van der Waals surface area contributed by atoms with E-state index in [9.17, 15) is 18.0 Å². The van der Waals surface area contributed by atoms with E-state index in [2.05, 4.69) is 16.8 Å². The summed E-state index contributed by atoms with van der Waals surface area (Å²) in [5.74, 6) is 5.66. The number of hydrogen-bond acceptors (Lipinski definition) is 2. The average Bonchev–Trinajstić information content (AvgIpc) is 3.10. The number of alkyl halides is 3. The SMILES string of the molecule is CC(=O)c1cccn1-c1ccncc1C#Cc1ccc(C(F)(F)F)cc1. The summed E-state index contributed by atoms with van der Waals surface area (Å²) in [6.45, 7) is 1.47.